The van der Waals surface area contributed by atoms with Crippen LogP contribution in [0.25, 0.3) is 0 Å². The lowest BCUT2D eigenvalue weighted by molar-refractivity contribution is 0.414. The van der Waals surface area contributed by atoms with Gasteiger partial charge in [0.1, 0.15) is 11.6 Å². The van der Waals surface area contributed by atoms with Gasteiger partial charge in [0.25, 0.3) is 0 Å². The average Bonchev–Trinajstić information content (AvgIpc) is 2.97. The molecule has 0 atom stereocenters. The number of aromatic nitrogens is 2. The molecule has 0 unspecified atom stereocenters. The Hall–Kier alpha value is -1.57. The number of hydrogen-bond acceptors (Lipinski definition) is 4. The second-order valence-corrected chi connectivity index (χ2v) is 6.51. The summed E-state index contributed by atoms with van der Waals surface area (Å²) in [5.41, 5.74) is 0. The number of benzene rings is 1. The molecule has 2 aromatic rings. The van der Waals surface area contributed by atoms with Gasteiger partial charge >= 0.3 is 0 Å². The minimum atomic E-state index is -3.57. The summed E-state index contributed by atoms with van der Waals surface area (Å²) < 4.78 is 31.8. The van der Waals surface area contributed by atoms with Crippen LogP contribution in [0.2, 0.25) is 5.02 Å². The van der Waals surface area contributed by atoms with Gasteiger partial charge in [-0.05, 0) is 24.6 Å². The van der Waals surface area contributed by atoms with Crippen molar-refractivity contribution in [2.24, 2.45) is 0 Å². The summed E-state index contributed by atoms with van der Waals surface area (Å²) >= 11 is 5.93. The molecule has 0 radical (unpaired) electrons. The summed E-state index contributed by atoms with van der Waals surface area (Å²) in [6.07, 6.45) is 4.73. The van der Waals surface area contributed by atoms with Gasteiger partial charge < -0.3 is 9.72 Å². The Morgan fingerprint density at radius 2 is 2.24 bits per heavy atom. The molecule has 0 aliphatic heterocycles. The van der Waals surface area contributed by atoms with Crippen LogP contribution < -0.4 is 9.46 Å². The molecule has 0 saturated heterocycles. The zero-order valence-corrected chi connectivity index (χ0v) is 13.0. The van der Waals surface area contributed by atoms with Crippen molar-refractivity contribution in [1.82, 2.24) is 14.7 Å². The van der Waals surface area contributed by atoms with E-state index in [4.69, 9.17) is 16.3 Å². The summed E-state index contributed by atoms with van der Waals surface area (Å²) in [5, 5.41) is 0.260. The predicted molar refractivity (Wildman–Crippen MR) is 80.1 cm³/mol. The Morgan fingerprint density at radius 3 is 2.86 bits per heavy atom. The standard InChI is InChI=1S/C13H16ClN3O3S/c1-20-12-5-4-10(9-11(12)14)21(18,19)17-6-2-3-13-15-7-8-16-13/h4-5,7-9,17H,2-3,6H2,1H3,(H,15,16). The van der Waals surface area contributed by atoms with Crippen molar-refractivity contribution in [3.63, 3.8) is 0 Å². The number of sulfonamides is 1. The number of methoxy groups -OCH3 is 1. The lowest BCUT2D eigenvalue weighted by Crippen LogP contribution is -2.25. The number of ether oxygens (including phenoxy) is 1. The fourth-order valence-electron chi connectivity index (χ4n) is 1.79. The minimum Gasteiger partial charge on any atom is -0.495 e. The molecule has 21 heavy (non-hydrogen) atoms. The number of imidazole rings is 1. The van der Waals surface area contributed by atoms with Crippen molar-refractivity contribution in [3.8, 4) is 5.75 Å². The molecule has 1 aromatic carbocycles. The van der Waals surface area contributed by atoms with Gasteiger partial charge in [0, 0.05) is 25.4 Å². The summed E-state index contributed by atoms with van der Waals surface area (Å²) in [6.45, 7) is 0.326. The van der Waals surface area contributed by atoms with Crippen LogP contribution in [0.4, 0.5) is 0 Å². The van der Waals surface area contributed by atoms with Crippen LogP contribution in [-0.2, 0) is 16.4 Å². The molecule has 114 valence electrons. The van der Waals surface area contributed by atoms with E-state index in [1.165, 1.54) is 25.3 Å². The molecule has 2 N–H and O–H groups in total. The number of aromatic amines is 1. The summed E-state index contributed by atoms with van der Waals surface area (Å²) in [6, 6.07) is 4.36. The Bertz CT molecular complexity index is 687. The van der Waals surface area contributed by atoms with E-state index in [0.29, 0.717) is 25.1 Å². The molecule has 0 aliphatic carbocycles. The first-order chi connectivity index (χ1) is 10.0. The second kappa shape index (κ2) is 6.93. The highest BCUT2D eigenvalue weighted by atomic mass is 35.5. The molecular weight excluding hydrogens is 314 g/mol. The van der Waals surface area contributed by atoms with Gasteiger partial charge in [-0.3, -0.25) is 0 Å². The molecule has 8 heteroatoms. The maximum Gasteiger partial charge on any atom is 0.240 e. The van der Waals surface area contributed by atoms with Crippen molar-refractivity contribution < 1.29 is 13.2 Å². The van der Waals surface area contributed by atoms with Gasteiger partial charge in [0.15, 0.2) is 0 Å². The fraction of sp³-hybridized carbons (Fsp3) is 0.308. The number of nitrogens with one attached hydrogen (secondary N) is 2. The van der Waals surface area contributed by atoms with Gasteiger partial charge in [-0.15, -0.1) is 0 Å². The zero-order chi connectivity index (χ0) is 15.3. The van der Waals surface area contributed by atoms with E-state index >= 15 is 0 Å². The Balaban J connectivity index is 1.93. The van der Waals surface area contributed by atoms with Crippen molar-refractivity contribution in [1.29, 1.82) is 0 Å². The number of aryl methyl sites for hydroxylation is 1. The Morgan fingerprint density at radius 1 is 1.43 bits per heavy atom. The maximum absolute atomic E-state index is 12.1. The van der Waals surface area contributed by atoms with Gasteiger partial charge in [-0.25, -0.2) is 18.1 Å². The van der Waals surface area contributed by atoms with Crippen LogP contribution in [0.15, 0.2) is 35.5 Å². The van der Waals surface area contributed by atoms with Crippen LogP contribution in [-0.4, -0.2) is 32.0 Å². The third kappa shape index (κ3) is 4.20. The number of rotatable bonds is 7. The number of halogens is 1. The summed E-state index contributed by atoms with van der Waals surface area (Å²) in [5.74, 6) is 1.27. The average molecular weight is 330 g/mol. The highest BCUT2D eigenvalue weighted by Crippen LogP contribution is 2.26. The molecule has 0 aliphatic rings. The van der Waals surface area contributed by atoms with Crippen LogP contribution in [0.1, 0.15) is 12.2 Å². The fourth-order valence-corrected chi connectivity index (χ4v) is 3.22. The first-order valence-corrected chi connectivity index (χ1v) is 8.20. The molecule has 0 spiro atoms. The van der Waals surface area contributed by atoms with Crippen molar-refractivity contribution in [2.45, 2.75) is 17.7 Å². The number of hydrogen-bond donors (Lipinski definition) is 2. The van der Waals surface area contributed by atoms with Crippen molar-refractivity contribution in [2.75, 3.05) is 13.7 Å². The second-order valence-electron chi connectivity index (χ2n) is 4.33. The topological polar surface area (TPSA) is 84.1 Å². The maximum atomic E-state index is 12.1. The van der Waals surface area contributed by atoms with Gasteiger partial charge in [0.05, 0.1) is 17.0 Å². The minimum absolute atomic E-state index is 0.117. The monoisotopic (exact) mass is 329 g/mol. The highest BCUT2D eigenvalue weighted by Gasteiger charge is 2.15. The number of nitrogens with zero attached hydrogens (tertiary/aromatic N) is 1. The molecule has 6 nitrogen and oxygen atoms in total. The van der Waals surface area contributed by atoms with E-state index in [0.717, 1.165) is 5.82 Å². The van der Waals surface area contributed by atoms with E-state index in [1.807, 2.05) is 0 Å². The smallest absolute Gasteiger partial charge is 0.240 e. The molecule has 0 bridgehead atoms. The van der Waals surface area contributed by atoms with Gasteiger partial charge in [0.2, 0.25) is 10.0 Å². The Labute approximate surface area is 128 Å². The molecule has 0 saturated carbocycles. The van der Waals surface area contributed by atoms with Crippen LogP contribution in [0, 0.1) is 0 Å². The predicted octanol–water partition coefficient (Wildman–Crippen LogP) is 1.98. The van der Waals surface area contributed by atoms with E-state index in [2.05, 4.69) is 14.7 Å². The summed E-state index contributed by atoms with van der Waals surface area (Å²) in [7, 11) is -2.09. The first-order valence-electron chi connectivity index (χ1n) is 6.34. The van der Waals surface area contributed by atoms with Crippen molar-refractivity contribution >= 4 is 21.6 Å². The van der Waals surface area contributed by atoms with E-state index in [9.17, 15) is 8.42 Å². The van der Waals surface area contributed by atoms with Gasteiger partial charge in [-0.2, -0.15) is 0 Å². The van der Waals surface area contributed by atoms with E-state index < -0.39 is 10.0 Å². The van der Waals surface area contributed by atoms with Gasteiger partial charge in [-0.1, -0.05) is 11.6 Å². The zero-order valence-electron chi connectivity index (χ0n) is 11.5. The molecule has 1 heterocycles. The van der Waals surface area contributed by atoms with E-state index in [-0.39, 0.29) is 9.92 Å². The first kappa shape index (κ1) is 15.8. The third-order valence-corrected chi connectivity index (χ3v) is 4.62. The lowest BCUT2D eigenvalue weighted by atomic mass is 10.3. The highest BCUT2D eigenvalue weighted by molar-refractivity contribution is 7.89. The van der Waals surface area contributed by atoms with Crippen LogP contribution in [0.3, 0.4) is 0 Å². The molecule has 2 rings (SSSR count). The Kier molecular flexibility index (Phi) is 5.22. The molecule has 0 fully saturated rings. The molecule has 0 amide bonds. The molecule has 1 aromatic heterocycles. The van der Waals surface area contributed by atoms with E-state index in [1.54, 1.807) is 12.4 Å². The largest absolute Gasteiger partial charge is 0.495 e. The quantitative estimate of drug-likeness (QED) is 0.761. The normalized spacial score (nSPS) is 11.5. The third-order valence-electron chi connectivity index (χ3n) is 2.87. The molecular formula is C13H16ClN3O3S. The lowest BCUT2D eigenvalue weighted by Gasteiger charge is -2.08. The van der Waals surface area contributed by atoms with Crippen molar-refractivity contribution in [3.05, 3.63) is 41.4 Å². The SMILES string of the molecule is COc1ccc(S(=O)(=O)NCCCc2ncc[nH]2)cc1Cl. The van der Waals surface area contributed by atoms with Crippen LogP contribution in [0.5, 0.6) is 5.75 Å². The summed E-state index contributed by atoms with van der Waals surface area (Å²) in [4.78, 5) is 7.16. The number of H-pyrrole nitrogens is 1. The van der Waals surface area contributed by atoms with Crippen LogP contribution >= 0.6 is 11.6 Å².